The first kappa shape index (κ1) is 12.9. The molecule has 1 saturated carbocycles. The van der Waals surface area contributed by atoms with Gasteiger partial charge in [0.1, 0.15) is 5.75 Å². The number of ether oxygens (including phenoxy) is 1. The molecule has 1 aliphatic carbocycles. The minimum atomic E-state index is -0.891. The largest absolute Gasteiger partial charge is 0.497 e. The Morgan fingerprint density at radius 1 is 1.28 bits per heavy atom. The molecule has 18 heavy (non-hydrogen) atoms. The van der Waals surface area contributed by atoms with Crippen molar-refractivity contribution in [2.45, 2.75) is 31.3 Å². The number of hydrogen-bond acceptors (Lipinski definition) is 3. The van der Waals surface area contributed by atoms with Crippen LogP contribution in [0.25, 0.3) is 0 Å². The maximum atomic E-state index is 10.9. The van der Waals surface area contributed by atoms with E-state index in [-0.39, 0.29) is 5.92 Å². The van der Waals surface area contributed by atoms with Crippen LogP contribution in [-0.4, -0.2) is 23.3 Å². The Bertz CT molecular complexity index is 416. The quantitative estimate of drug-likeness (QED) is 0.862. The number of carboxylic acid groups (broad SMARTS) is 1. The molecule has 0 amide bonds. The molecule has 1 aliphatic rings. The number of aliphatic carboxylic acids is 1. The summed E-state index contributed by atoms with van der Waals surface area (Å²) in [7, 11) is 1.60. The van der Waals surface area contributed by atoms with Gasteiger partial charge < -0.3 is 14.9 Å². The zero-order valence-corrected chi connectivity index (χ0v) is 10.4. The van der Waals surface area contributed by atoms with Crippen LogP contribution in [0.4, 0.5) is 0 Å². The summed E-state index contributed by atoms with van der Waals surface area (Å²) in [5.41, 5.74) is -0.0507. The lowest BCUT2D eigenvalue weighted by Gasteiger charge is -2.35. The van der Waals surface area contributed by atoms with E-state index in [2.05, 4.69) is 0 Å². The highest BCUT2D eigenvalue weighted by Gasteiger charge is 2.36. The molecule has 0 aromatic heterocycles. The van der Waals surface area contributed by atoms with Crippen LogP contribution in [0, 0.1) is 5.92 Å². The predicted octanol–water partition coefficient (Wildman–Crippen LogP) is 2.16. The Morgan fingerprint density at radius 3 is 2.28 bits per heavy atom. The second kappa shape index (κ2) is 4.98. The molecule has 0 atom stereocenters. The summed E-state index contributed by atoms with van der Waals surface area (Å²) in [6.07, 6.45) is 2.04. The summed E-state index contributed by atoms with van der Waals surface area (Å²) in [5, 5.41) is 19.5. The number of aliphatic hydroxyl groups is 1. The first-order valence-corrected chi connectivity index (χ1v) is 6.15. The molecule has 4 heteroatoms. The molecular formula is C14H18O4. The predicted molar refractivity (Wildman–Crippen MR) is 66.5 cm³/mol. The van der Waals surface area contributed by atoms with Gasteiger partial charge in [-0.15, -0.1) is 0 Å². The molecule has 0 aliphatic heterocycles. The van der Waals surface area contributed by atoms with Crippen LogP contribution >= 0.6 is 0 Å². The zero-order chi connectivity index (χ0) is 13.2. The number of rotatable bonds is 3. The van der Waals surface area contributed by atoms with Crippen molar-refractivity contribution in [3.8, 4) is 5.75 Å². The Hall–Kier alpha value is -1.55. The van der Waals surface area contributed by atoms with Crippen molar-refractivity contribution in [2.75, 3.05) is 7.11 Å². The number of carbonyl (C=O) groups is 1. The van der Waals surface area contributed by atoms with Crippen LogP contribution in [-0.2, 0) is 10.4 Å². The molecular weight excluding hydrogens is 232 g/mol. The van der Waals surface area contributed by atoms with Crippen molar-refractivity contribution in [1.29, 1.82) is 0 Å². The first-order valence-electron chi connectivity index (χ1n) is 6.15. The standard InChI is InChI=1S/C14H18O4/c1-18-12-4-2-11(3-5-12)14(17)8-6-10(7-9-14)13(15)16/h2-5,10,17H,6-9H2,1H3,(H,15,16). The molecule has 4 nitrogen and oxygen atoms in total. The summed E-state index contributed by atoms with van der Waals surface area (Å²) in [4.78, 5) is 10.9. The van der Waals surface area contributed by atoms with Crippen LogP contribution in [0.2, 0.25) is 0 Å². The van der Waals surface area contributed by atoms with Crippen LogP contribution < -0.4 is 4.74 Å². The van der Waals surface area contributed by atoms with Crippen molar-refractivity contribution >= 4 is 5.97 Å². The molecule has 2 rings (SSSR count). The monoisotopic (exact) mass is 250 g/mol. The Kier molecular flexibility index (Phi) is 3.57. The summed E-state index contributed by atoms with van der Waals surface area (Å²) in [6, 6.07) is 7.33. The van der Waals surface area contributed by atoms with Crippen LogP contribution in [0.5, 0.6) is 5.75 Å². The van der Waals surface area contributed by atoms with Crippen molar-refractivity contribution in [3.05, 3.63) is 29.8 Å². The van der Waals surface area contributed by atoms with Gasteiger partial charge in [0.2, 0.25) is 0 Å². The number of hydrogen-bond donors (Lipinski definition) is 2. The summed E-state index contributed by atoms with van der Waals surface area (Å²) in [6.45, 7) is 0. The second-order valence-corrected chi connectivity index (χ2v) is 4.87. The Labute approximate surface area is 106 Å². The molecule has 0 heterocycles. The molecule has 1 aromatic rings. The van der Waals surface area contributed by atoms with E-state index in [0.29, 0.717) is 25.7 Å². The fraction of sp³-hybridized carbons (Fsp3) is 0.500. The summed E-state index contributed by atoms with van der Waals surface area (Å²) in [5.74, 6) is -0.322. The highest BCUT2D eigenvalue weighted by atomic mass is 16.5. The van der Waals surface area contributed by atoms with Crippen LogP contribution in [0.1, 0.15) is 31.2 Å². The van der Waals surface area contributed by atoms with E-state index in [9.17, 15) is 9.90 Å². The van der Waals surface area contributed by atoms with Crippen LogP contribution in [0.15, 0.2) is 24.3 Å². The summed E-state index contributed by atoms with van der Waals surface area (Å²) >= 11 is 0. The van der Waals surface area contributed by atoms with E-state index in [4.69, 9.17) is 9.84 Å². The average molecular weight is 250 g/mol. The van der Waals surface area contributed by atoms with Crippen molar-refractivity contribution in [1.82, 2.24) is 0 Å². The molecule has 0 unspecified atom stereocenters. The normalized spacial score (nSPS) is 27.8. The van der Waals surface area contributed by atoms with Gasteiger partial charge in [0.05, 0.1) is 18.6 Å². The van der Waals surface area contributed by atoms with E-state index in [1.54, 1.807) is 7.11 Å². The Balaban J connectivity index is 2.10. The fourth-order valence-electron chi connectivity index (χ4n) is 2.53. The van der Waals surface area contributed by atoms with E-state index in [1.165, 1.54) is 0 Å². The second-order valence-electron chi connectivity index (χ2n) is 4.87. The van der Waals surface area contributed by atoms with Crippen molar-refractivity contribution < 1.29 is 19.7 Å². The van der Waals surface area contributed by atoms with Gasteiger partial charge in [0.15, 0.2) is 0 Å². The minimum Gasteiger partial charge on any atom is -0.497 e. The minimum absolute atomic E-state index is 0.316. The lowest BCUT2D eigenvalue weighted by atomic mass is 9.75. The average Bonchev–Trinajstić information content (AvgIpc) is 2.39. The topological polar surface area (TPSA) is 66.8 Å². The third kappa shape index (κ3) is 2.48. The molecule has 0 radical (unpaired) electrons. The van der Waals surface area contributed by atoms with E-state index in [1.807, 2.05) is 24.3 Å². The molecule has 0 spiro atoms. The van der Waals surface area contributed by atoms with E-state index in [0.717, 1.165) is 11.3 Å². The maximum Gasteiger partial charge on any atom is 0.306 e. The van der Waals surface area contributed by atoms with Crippen LogP contribution in [0.3, 0.4) is 0 Å². The molecule has 0 saturated heterocycles. The van der Waals surface area contributed by atoms with Gasteiger partial charge in [0.25, 0.3) is 0 Å². The third-order valence-corrected chi connectivity index (χ3v) is 3.79. The number of benzene rings is 1. The number of carboxylic acids is 1. The lowest BCUT2D eigenvalue weighted by molar-refractivity contribution is -0.145. The third-order valence-electron chi connectivity index (χ3n) is 3.79. The van der Waals surface area contributed by atoms with Gasteiger partial charge >= 0.3 is 5.97 Å². The van der Waals surface area contributed by atoms with Gasteiger partial charge in [-0.3, -0.25) is 4.79 Å². The highest BCUT2D eigenvalue weighted by molar-refractivity contribution is 5.70. The number of methoxy groups -OCH3 is 1. The summed E-state index contributed by atoms with van der Waals surface area (Å²) < 4.78 is 5.08. The van der Waals surface area contributed by atoms with E-state index < -0.39 is 11.6 Å². The van der Waals surface area contributed by atoms with Gasteiger partial charge in [-0.1, -0.05) is 12.1 Å². The van der Waals surface area contributed by atoms with Gasteiger partial charge in [-0.2, -0.15) is 0 Å². The van der Waals surface area contributed by atoms with Crippen molar-refractivity contribution in [3.63, 3.8) is 0 Å². The van der Waals surface area contributed by atoms with Crippen molar-refractivity contribution in [2.24, 2.45) is 5.92 Å². The smallest absolute Gasteiger partial charge is 0.306 e. The first-order chi connectivity index (χ1) is 8.55. The molecule has 1 fully saturated rings. The molecule has 1 aromatic carbocycles. The van der Waals surface area contributed by atoms with E-state index >= 15 is 0 Å². The fourth-order valence-corrected chi connectivity index (χ4v) is 2.53. The lowest BCUT2D eigenvalue weighted by Crippen LogP contribution is -2.33. The molecule has 98 valence electrons. The molecule has 0 bridgehead atoms. The molecule has 2 N–H and O–H groups in total. The maximum absolute atomic E-state index is 10.9. The van der Waals surface area contributed by atoms with Gasteiger partial charge in [-0.25, -0.2) is 0 Å². The SMILES string of the molecule is COc1ccc(C2(O)CCC(C(=O)O)CC2)cc1. The Morgan fingerprint density at radius 2 is 1.83 bits per heavy atom. The zero-order valence-electron chi connectivity index (χ0n) is 10.4. The highest BCUT2D eigenvalue weighted by Crippen LogP contribution is 2.39. The van der Waals surface area contributed by atoms with Gasteiger partial charge in [-0.05, 0) is 43.4 Å². The van der Waals surface area contributed by atoms with Gasteiger partial charge in [0, 0.05) is 0 Å².